The minimum Gasteiger partial charge on any atom is -0.348 e. The van der Waals surface area contributed by atoms with Gasteiger partial charge in [0.1, 0.15) is 0 Å². The molecule has 0 atom stereocenters. The van der Waals surface area contributed by atoms with Crippen molar-refractivity contribution in [1.82, 2.24) is 9.88 Å². The lowest BCUT2D eigenvalue weighted by Gasteiger charge is -2.36. The van der Waals surface area contributed by atoms with E-state index in [1.165, 1.54) is 17.3 Å². The summed E-state index contributed by atoms with van der Waals surface area (Å²) < 4.78 is 1.65. The second kappa shape index (κ2) is 10.7. The Kier molecular flexibility index (Phi) is 7.32. The molecule has 7 heteroatoms. The Morgan fingerprint density at radius 3 is 2.56 bits per heavy atom. The van der Waals surface area contributed by atoms with Crippen LogP contribution in [-0.4, -0.2) is 28.4 Å². The summed E-state index contributed by atoms with van der Waals surface area (Å²) >= 11 is 0. The topological polar surface area (TPSA) is 102 Å². The molecule has 1 heterocycles. The zero-order valence-corrected chi connectivity index (χ0v) is 19.2. The summed E-state index contributed by atoms with van der Waals surface area (Å²) in [6.45, 7) is 3.00. The summed E-state index contributed by atoms with van der Waals surface area (Å²) in [7, 11) is 0. The van der Waals surface area contributed by atoms with Crippen molar-refractivity contribution in [3.05, 3.63) is 106 Å². The number of benzene rings is 2. The highest BCUT2D eigenvalue weighted by molar-refractivity contribution is 6.60. The van der Waals surface area contributed by atoms with E-state index < -0.39 is 0 Å². The molecular formula is C27H29N5O2. The lowest BCUT2D eigenvalue weighted by molar-refractivity contribution is -0.115. The Morgan fingerprint density at radius 1 is 1.09 bits per heavy atom. The van der Waals surface area contributed by atoms with Gasteiger partial charge in [0.25, 0.3) is 11.5 Å². The number of nitrogens with one attached hydrogen (secondary N) is 1. The molecule has 1 amide bonds. The molecular weight excluding hydrogens is 426 g/mol. The predicted molar refractivity (Wildman–Crippen MR) is 135 cm³/mol. The van der Waals surface area contributed by atoms with Gasteiger partial charge in [-0.3, -0.25) is 14.6 Å². The fourth-order valence-corrected chi connectivity index (χ4v) is 4.12. The molecule has 174 valence electrons. The van der Waals surface area contributed by atoms with Crippen molar-refractivity contribution in [2.24, 2.45) is 15.9 Å². The van der Waals surface area contributed by atoms with E-state index in [1.807, 2.05) is 30.3 Å². The summed E-state index contributed by atoms with van der Waals surface area (Å²) in [6, 6.07) is 21.6. The van der Waals surface area contributed by atoms with Crippen LogP contribution in [0, 0.1) is 6.92 Å². The minimum atomic E-state index is -0.303. The van der Waals surface area contributed by atoms with E-state index in [0.717, 1.165) is 24.0 Å². The first-order chi connectivity index (χ1) is 16.5. The Hall–Kier alpha value is -4.00. The van der Waals surface area contributed by atoms with Gasteiger partial charge in [-0.2, -0.15) is 5.10 Å². The summed E-state index contributed by atoms with van der Waals surface area (Å²) in [4.78, 5) is 28.7. The number of hydrogen-bond acceptors (Lipinski definition) is 5. The van der Waals surface area contributed by atoms with Crippen LogP contribution in [0.25, 0.3) is 0 Å². The van der Waals surface area contributed by atoms with Crippen LogP contribution in [0.1, 0.15) is 41.0 Å². The quantitative estimate of drug-likeness (QED) is 0.310. The number of hydrogen-bond donors (Lipinski definition) is 2. The molecule has 1 aliphatic rings. The summed E-state index contributed by atoms with van der Waals surface area (Å²) in [5.74, 6) is 5.61. The number of hydrazone groups is 1. The molecule has 1 saturated carbocycles. The number of aryl methyl sites for hydroxylation is 1. The molecule has 1 aromatic heterocycles. The maximum atomic E-state index is 12.5. The first-order valence-corrected chi connectivity index (χ1v) is 11.4. The maximum absolute atomic E-state index is 12.5. The van der Waals surface area contributed by atoms with E-state index >= 15 is 0 Å². The van der Waals surface area contributed by atoms with Crippen molar-refractivity contribution in [3.63, 3.8) is 0 Å². The Bertz CT molecular complexity index is 1250. The van der Waals surface area contributed by atoms with Crippen LogP contribution in [0.15, 0.2) is 87.8 Å². The highest BCUT2D eigenvalue weighted by atomic mass is 16.2. The lowest BCUT2D eigenvalue weighted by Crippen LogP contribution is -2.46. The van der Waals surface area contributed by atoms with Crippen LogP contribution in [0.4, 0.5) is 0 Å². The maximum Gasteiger partial charge on any atom is 0.273 e. The number of aromatic nitrogens is 1. The second-order valence-corrected chi connectivity index (χ2v) is 8.72. The first kappa shape index (κ1) is 23.2. The summed E-state index contributed by atoms with van der Waals surface area (Å²) in [6.07, 6.45) is 5.01. The van der Waals surface area contributed by atoms with Crippen molar-refractivity contribution in [3.8, 4) is 0 Å². The molecule has 1 fully saturated rings. The largest absolute Gasteiger partial charge is 0.348 e. The van der Waals surface area contributed by atoms with Gasteiger partial charge >= 0.3 is 0 Å². The number of aliphatic imine (C=N–C) groups is 1. The first-order valence-electron chi connectivity index (χ1n) is 11.4. The number of carbonyl (C=O) groups excluding carboxylic acids is 1. The third-order valence-electron chi connectivity index (χ3n) is 6.12. The molecule has 7 nitrogen and oxygen atoms in total. The van der Waals surface area contributed by atoms with Crippen LogP contribution >= 0.6 is 0 Å². The third kappa shape index (κ3) is 5.86. The third-order valence-corrected chi connectivity index (χ3v) is 6.12. The fourth-order valence-electron chi connectivity index (χ4n) is 4.12. The molecule has 2 aromatic carbocycles. The van der Waals surface area contributed by atoms with E-state index in [0.29, 0.717) is 19.0 Å². The van der Waals surface area contributed by atoms with Crippen LogP contribution in [-0.2, 0) is 17.9 Å². The van der Waals surface area contributed by atoms with Crippen molar-refractivity contribution in [2.45, 2.75) is 44.8 Å². The molecule has 4 rings (SSSR count). The molecule has 34 heavy (non-hydrogen) atoms. The van der Waals surface area contributed by atoms with Crippen molar-refractivity contribution in [2.75, 3.05) is 0 Å². The molecule has 3 N–H and O–H groups in total. The number of rotatable bonds is 8. The van der Waals surface area contributed by atoms with E-state index in [-0.39, 0.29) is 23.2 Å². The van der Waals surface area contributed by atoms with E-state index in [4.69, 9.17) is 5.84 Å². The Morgan fingerprint density at radius 2 is 1.85 bits per heavy atom. The van der Waals surface area contributed by atoms with Gasteiger partial charge in [0.15, 0.2) is 5.71 Å². The Balaban J connectivity index is 1.25. The Labute approximate surface area is 199 Å². The summed E-state index contributed by atoms with van der Waals surface area (Å²) in [5.41, 5.74) is 4.66. The lowest BCUT2D eigenvalue weighted by atomic mass is 9.75. The predicted octanol–water partition coefficient (Wildman–Crippen LogP) is 3.15. The standard InChI is InChI=1S/C27H29N5O2/c1-19-5-4-6-22(13-19)23-14-24(15-23)30-27(34)25(31-28)17-29-16-20-8-10-21(11-9-20)18-32-12-3-2-7-26(32)33/h2-13,17,23-24H,14-16,18,28H2,1H3,(H,30,34)/b29-17?,31-25+. The zero-order valence-electron chi connectivity index (χ0n) is 19.2. The minimum absolute atomic E-state index is 0.0318. The summed E-state index contributed by atoms with van der Waals surface area (Å²) in [5, 5.41) is 6.61. The van der Waals surface area contributed by atoms with Crippen LogP contribution in [0.5, 0.6) is 0 Å². The monoisotopic (exact) mass is 455 g/mol. The molecule has 0 aliphatic heterocycles. The molecule has 0 bridgehead atoms. The van der Waals surface area contributed by atoms with E-state index in [2.05, 4.69) is 46.6 Å². The van der Waals surface area contributed by atoms with E-state index in [9.17, 15) is 9.59 Å². The van der Waals surface area contributed by atoms with Gasteiger partial charge in [0.2, 0.25) is 0 Å². The van der Waals surface area contributed by atoms with Crippen molar-refractivity contribution >= 4 is 17.8 Å². The normalized spacial score (nSPS) is 18.0. The zero-order chi connectivity index (χ0) is 23.9. The van der Waals surface area contributed by atoms with Gasteiger partial charge in [0, 0.05) is 18.3 Å². The average molecular weight is 456 g/mol. The SMILES string of the molecule is Cc1cccc(C2CC(NC(=O)/C(C=NCc3ccc(Cn4ccccc4=O)cc3)=N/N)C2)c1. The van der Waals surface area contributed by atoms with Crippen LogP contribution < -0.4 is 16.7 Å². The fraction of sp³-hybridized carbons (Fsp3) is 0.259. The highest BCUT2D eigenvalue weighted by Gasteiger charge is 2.32. The number of carbonyl (C=O) groups is 1. The molecule has 0 radical (unpaired) electrons. The molecule has 0 unspecified atom stereocenters. The van der Waals surface area contributed by atoms with Gasteiger partial charge in [-0.1, -0.05) is 60.2 Å². The van der Waals surface area contributed by atoms with Gasteiger partial charge in [-0.15, -0.1) is 0 Å². The molecule has 3 aromatic rings. The smallest absolute Gasteiger partial charge is 0.273 e. The number of nitrogens with two attached hydrogens (primary N) is 1. The van der Waals surface area contributed by atoms with Gasteiger partial charge < -0.3 is 15.7 Å². The van der Waals surface area contributed by atoms with E-state index in [1.54, 1.807) is 22.9 Å². The number of nitrogens with zero attached hydrogens (tertiary/aromatic N) is 3. The second-order valence-electron chi connectivity index (χ2n) is 8.72. The molecule has 1 aliphatic carbocycles. The van der Waals surface area contributed by atoms with Crippen LogP contribution in [0.2, 0.25) is 0 Å². The van der Waals surface area contributed by atoms with Crippen molar-refractivity contribution in [1.29, 1.82) is 0 Å². The number of pyridine rings is 1. The number of amides is 1. The highest BCUT2D eigenvalue weighted by Crippen LogP contribution is 2.37. The van der Waals surface area contributed by atoms with Gasteiger partial charge in [-0.05, 0) is 48.4 Å². The van der Waals surface area contributed by atoms with Crippen molar-refractivity contribution < 1.29 is 4.79 Å². The average Bonchev–Trinajstić information content (AvgIpc) is 2.81. The van der Waals surface area contributed by atoms with Gasteiger partial charge in [0.05, 0.1) is 19.3 Å². The molecule has 0 spiro atoms. The van der Waals surface area contributed by atoms with Crippen LogP contribution in [0.3, 0.4) is 0 Å². The molecule has 0 saturated heterocycles. The van der Waals surface area contributed by atoms with Gasteiger partial charge in [-0.25, -0.2) is 0 Å².